The fraction of sp³-hybridized carbons (Fsp3) is 0.400. The molecule has 0 aliphatic carbocycles. The Morgan fingerprint density at radius 3 is 2.19 bits per heavy atom. The molecule has 0 aliphatic rings. The van der Waals surface area contributed by atoms with Crippen LogP contribution in [0, 0.1) is 0 Å². The zero-order valence-corrected chi connectivity index (χ0v) is 21.4. The first-order chi connectivity index (χ1) is 15.3. The van der Waals surface area contributed by atoms with E-state index in [-0.39, 0.29) is 0 Å². The lowest BCUT2D eigenvalue weighted by Crippen LogP contribution is -2.31. The first-order valence-electron chi connectivity index (χ1n) is 11.0. The van der Waals surface area contributed by atoms with E-state index < -0.39 is 6.10 Å². The Hall–Kier alpha value is -1.07. The molecule has 32 heavy (non-hydrogen) atoms. The summed E-state index contributed by atoms with van der Waals surface area (Å²) in [4.78, 5) is 7.09. The number of hydrogen-bond acceptors (Lipinski definition) is 3. The Bertz CT molecular complexity index is 1070. The van der Waals surface area contributed by atoms with Gasteiger partial charge >= 0.3 is 0 Å². The number of fused-ring (bicyclic) bond motifs is 1. The van der Waals surface area contributed by atoms with Crippen molar-refractivity contribution in [1.82, 2.24) is 9.88 Å². The number of benzene rings is 2. The van der Waals surface area contributed by atoms with Gasteiger partial charge in [-0.05, 0) is 61.8 Å². The van der Waals surface area contributed by atoms with E-state index in [0.717, 1.165) is 55.3 Å². The summed E-state index contributed by atoms with van der Waals surface area (Å²) in [6.45, 7) is 6.80. The van der Waals surface area contributed by atoms with Gasteiger partial charge in [-0.15, -0.1) is 0 Å². The number of nitrogens with zero attached hydrogens (tertiary/aromatic N) is 2. The number of pyridine rings is 1. The summed E-state index contributed by atoms with van der Waals surface area (Å²) in [5, 5.41) is 14.0. The van der Waals surface area contributed by atoms with Gasteiger partial charge in [0.25, 0.3) is 0 Å². The first kappa shape index (κ1) is 25.6. The van der Waals surface area contributed by atoms with E-state index >= 15 is 0 Å². The van der Waals surface area contributed by atoms with Gasteiger partial charge in [0.1, 0.15) is 0 Å². The van der Waals surface area contributed by atoms with Crippen LogP contribution in [0.2, 0.25) is 20.1 Å². The molecule has 1 heterocycles. The standard InChI is InChI=1S/C25H28Cl4N2O/c1-3-5-9-31(10-6-4-2)15-24(32)18-14-23(16-7-8-20(27)21(28)11-16)30-25-19(18)12-17(26)13-22(25)29/h7-8,11-14,24,32H,3-6,9-10,15H2,1-2H3/t24-/m0/s1. The summed E-state index contributed by atoms with van der Waals surface area (Å²) in [7, 11) is 0. The molecule has 2 aromatic carbocycles. The topological polar surface area (TPSA) is 36.4 Å². The summed E-state index contributed by atoms with van der Waals surface area (Å²) >= 11 is 25.2. The second-order valence-electron chi connectivity index (χ2n) is 8.03. The van der Waals surface area contributed by atoms with E-state index in [4.69, 9.17) is 51.4 Å². The van der Waals surface area contributed by atoms with Crippen LogP contribution in [0.25, 0.3) is 22.2 Å². The molecule has 3 rings (SSSR count). The molecule has 3 nitrogen and oxygen atoms in total. The molecule has 3 aromatic rings. The molecule has 0 aliphatic heterocycles. The van der Waals surface area contributed by atoms with Crippen molar-refractivity contribution in [3.8, 4) is 11.3 Å². The highest BCUT2D eigenvalue weighted by molar-refractivity contribution is 6.42. The van der Waals surface area contributed by atoms with Gasteiger partial charge < -0.3 is 10.0 Å². The van der Waals surface area contributed by atoms with Crippen molar-refractivity contribution in [2.75, 3.05) is 19.6 Å². The molecule has 0 bridgehead atoms. The average Bonchev–Trinajstić information content (AvgIpc) is 2.76. The lowest BCUT2D eigenvalue weighted by Gasteiger charge is -2.26. The Balaban J connectivity index is 2.07. The predicted octanol–water partition coefficient (Wildman–Crippen LogP) is 8.45. The minimum Gasteiger partial charge on any atom is -0.387 e. The molecule has 0 saturated heterocycles. The maximum atomic E-state index is 11.3. The van der Waals surface area contributed by atoms with Crippen molar-refractivity contribution in [1.29, 1.82) is 0 Å². The van der Waals surface area contributed by atoms with Gasteiger partial charge in [-0.25, -0.2) is 4.98 Å². The summed E-state index contributed by atoms with van der Waals surface area (Å²) in [5.41, 5.74) is 2.82. The predicted molar refractivity (Wildman–Crippen MR) is 138 cm³/mol. The van der Waals surface area contributed by atoms with Gasteiger partial charge in [-0.2, -0.15) is 0 Å². The Morgan fingerprint density at radius 2 is 1.56 bits per heavy atom. The molecule has 0 amide bonds. The lowest BCUT2D eigenvalue weighted by atomic mass is 9.99. The van der Waals surface area contributed by atoms with Gasteiger partial charge in [-0.1, -0.05) is 79.2 Å². The maximum Gasteiger partial charge on any atom is 0.0924 e. The van der Waals surface area contributed by atoms with Crippen molar-refractivity contribution in [2.24, 2.45) is 0 Å². The fourth-order valence-corrected chi connectivity index (χ4v) is 4.59. The minimum atomic E-state index is -0.717. The zero-order chi connectivity index (χ0) is 23.3. The van der Waals surface area contributed by atoms with Crippen molar-refractivity contribution in [3.05, 3.63) is 62.1 Å². The molecule has 1 atom stereocenters. The summed E-state index contributed by atoms with van der Waals surface area (Å²) in [6.07, 6.45) is 3.71. The third-order valence-electron chi connectivity index (χ3n) is 5.52. The highest BCUT2D eigenvalue weighted by Gasteiger charge is 2.20. The molecule has 0 fully saturated rings. The molecular weight excluding hydrogens is 486 g/mol. The number of unbranched alkanes of at least 4 members (excludes halogenated alkanes) is 2. The van der Waals surface area contributed by atoms with E-state index in [1.165, 1.54) is 0 Å². The van der Waals surface area contributed by atoms with Crippen LogP contribution in [0.15, 0.2) is 36.4 Å². The number of hydrogen-bond donors (Lipinski definition) is 1. The molecule has 172 valence electrons. The van der Waals surface area contributed by atoms with Gasteiger partial charge in [0.15, 0.2) is 0 Å². The van der Waals surface area contributed by atoms with E-state index in [1.807, 2.05) is 18.2 Å². The van der Waals surface area contributed by atoms with Gasteiger partial charge in [0, 0.05) is 22.5 Å². The summed E-state index contributed by atoms with van der Waals surface area (Å²) < 4.78 is 0. The van der Waals surface area contributed by atoms with E-state index in [0.29, 0.717) is 37.8 Å². The molecule has 0 radical (unpaired) electrons. The highest BCUT2D eigenvalue weighted by Crippen LogP contribution is 2.36. The quantitative estimate of drug-likeness (QED) is 0.295. The monoisotopic (exact) mass is 512 g/mol. The highest BCUT2D eigenvalue weighted by atomic mass is 35.5. The Kier molecular flexibility index (Phi) is 9.48. The average molecular weight is 514 g/mol. The Morgan fingerprint density at radius 1 is 0.875 bits per heavy atom. The van der Waals surface area contributed by atoms with Crippen LogP contribution in [-0.4, -0.2) is 34.6 Å². The number of aliphatic hydroxyl groups is 1. The van der Waals surface area contributed by atoms with Crippen molar-refractivity contribution < 1.29 is 5.11 Å². The molecule has 7 heteroatoms. The zero-order valence-electron chi connectivity index (χ0n) is 18.3. The van der Waals surface area contributed by atoms with E-state index in [2.05, 4.69) is 18.7 Å². The molecule has 0 spiro atoms. The van der Waals surface area contributed by atoms with Crippen LogP contribution in [0.3, 0.4) is 0 Å². The second-order valence-corrected chi connectivity index (χ2v) is 9.69. The minimum absolute atomic E-state index is 0.441. The van der Waals surface area contributed by atoms with Crippen LogP contribution in [0.5, 0.6) is 0 Å². The number of halogens is 4. The first-order valence-corrected chi connectivity index (χ1v) is 12.5. The smallest absolute Gasteiger partial charge is 0.0924 e. The molecular formula is C25H28Cl4N2O. The SMILES string of the molecule is CCCCN(CCCC)C[C@H](O)c1cc(-c2ccc(Cl)c(Cl)c2)nc2c(Cl)cc(Cl)cc12. The van der Waals surface area contributed by atoms with Crippen molar-refractivity contribution in [3.63, 3.8) is 0 Å². The normalized spacial score (nSPS) is 12.6. The van der Waals surface area contributed by atoms with Crippen LogP contribution < -0.4 is 0 Å². The number of rotatable bonds is 10. The Labute approximate surface area is 210 Å². The molecule has 0 unspecified atom stereocenters. The molecule has 1 N–H and O–H groups in total. The third kappa shape index (κ3) is 6.28. The van der Waals surface area contributed by atoms with Crippen LogP contribution in [0.4, 0.5) is 0 Å². The lowest BCUT2D eigenvalue weighted by molar-refractivity contribution is 0.112. The van der Waals surface area contributed by atoms with E-state index in [1.54, 1.807) is 18.2 Å². The number of aromatic nitrogens is 1. The van der Waals surface area contributed by atoms with Crippen LogP contribution in [-0.2, 0) is 0 Å². The van der Waals surface area contributed by atoms with Crippen molar-refractivity contribution in [2.45, 2.75) is 45.6 Å². The third-order valence-corrected chi connectivity index (χ3v) is 6.77. The molecule has 1 aromatic heterocycles. The largest absolute Gasteiger partial charge is 0.387 e. The summed E-state index contributed by atoms with van der Waals surface area (Å²) in [5.74, 6) is 0. The van der Waals surface area contributed by atoms with Gasteiger partial charge in [0.05, 0.1) is 32.4 Å². The molecule has 0 saturated carbocycles. The van der Waals surface area contributed by atoms with Crippen molar-refractivity contribution >= 4 is 57.3 Å². The number of aliphatic hydroxyl groups excluding tert-OH is 1. The van der Waals surface area contributed by atoms with E-state index in [9.17, 15) is 5.11 Å². The van der Waals surface area contributed by atoms with Crippen LogP contribution >= 0.6 is 46.4 Å². The maximum absolute atomic E-state index is 11.3. The van der Waals surface area contributed by atoms with Crippen LogP contribution in [0.1, 0.15) is 51.2 Å². The second kappa shape index (κ2) is 11.9. The summed E-state index contributed by atoms with van der Waals surface area (Å²) in [6, 6.07) is 10.8. The van der Waals surface area contributed by atoms with Gasteiger partial charge in [0.2, 0.25) is 0 Å². The van der Waals surface area contributed by atoms with Gasteiger partial charge in [-0.3, -0.25) is 0 Å². The fourth-order valence-electron chi connectivity index (χ4n) is 3.76.